The monoisotopic (exact) mass is 353 g/mol. The summed E-state index contributed by atoms with van der Waals surface area (Å²) in [6.45, 7) is 3.05. The Balaban J connectivity index is 2.47. The molecule has 0 aromatic rings. The van der Waals surface area contributed by atoms with Gasteiger partial charge in [-0.25, -0.2) is 21.6 Å². The summed E-state index contributed by atoms with van der Waals surface area (Å²) in [5.41, 5.74) is 0. The zero-order valence-corrected chi connectivity index (χ0v) is 13.2. The van der Waals surface area contributed by atoms with E-state index in [1.54, 1.807) is 0 Å². The molecule has 2 amide bonds. The van der Waals surface area contributed by atoms with E-state index in [9.17, 15) is 31.2 Å². The highest BCUT2D eigenvalue weighted by molar-refractivity contribution is 7.96. The van der Waals surface area contributed by atoms with Crippen LogP contribution in [0.5, 0.6) is 0 Å². The van der Waals surface area contributed by atoms with Crippen LogP contribution >= 0.6 is 0 Å². The molecule has 0 radical (unpaired) electrons. The predicted octanol–water partition coefficient (Wildman–Crippen LogP) is -1.04. The van der Waals surface area contributed by atoms with Gasteiger partial charge in [-0.3, -0.25) is 9.59 Å². The number of carbonyl (C=O) groups is 3. The van der Waals surface area contributed by atoms with E-state index < -0.39 is 61.1 Å². The van der Waals surface area contributed by atoms with Crippen LogP contribution in [0.1, 0.15) is 19.3 Å². The first-order valence-electron chi connectivity index (χ1n) is 6.18. The minimum Gasteiger partial charge on any atom is -0.330 e. The molecule has 1 heterocycles. The first-order valence-corrected chi connectivity index (χ1v) is 9.72. The molecule has 0 bridgehead atoms. The first kappa shape index (κ1) is 18.3. The second-order valence-electron chi connectivity index (χ2n) is 4.48. The molecule has 0 unspecified atom stereocenters. The maximum Gasteiger partial charge on any atom is 0.334 e. The zero-order valence-electron chi connectivity index (χ0n) is 11.6. The van der Waals surface area contributed by atoms with Crippen molar-refractivity contribution in [2.45, 2.75) is 19.3 Å². The Morgan fingerprint density at radius 3 is 2.14 bits per heavy atom. The van der Waals surface area contributed by atoms with Gasteiger partial charge in [0, 0.05) is 18.2 Å². The molecule has 1 aliphatic heterocycles. The van der Waals surface area contributed by atoms with E-state index in [2.05, 4.69) is 11.4 Å². The lowest BCUT2D eigenvalue weighted by atomic mass is 10.4. The van der Waals surface area contributed by atoms with Gasteiger partial charge in [-0.15, -0.1) is 5.06 Å². The zero-order chi connectivity index (χ0) is 17.0. The highest BCUT2D eigenvalue weighted by Crippen LogP contribution is 2.12. The van der Waals surface area contributed by atoms with Gasteiger partial charge in [0.1, 0.15) is 0 Å². The highest BCUT2D eigenvalue weighted by atomic mass is 32.2. The number of amides is 2. The van der Waals surface area contributed by atoms with Crippen LogP contribution in [0.2, 0.25) is 0 Å². The first-order chi connectivity index (χ1) is 10.1. The van der Waals surface area contributed by atoms with Crippen molar-refractivity contribution in [3.63, 3.8) is 0 Å². The standard InChI is InChI=1S/C11H15NO8S2/c1-2-21(16,17)7-8-22(18,19)6-5-11(15)20-12-9(13)3-4-10(12)14/h2H,1,3-8H2. The Bertz CT molecular complexity index is 676. The normalized spacial score (nSPS) is 15.9. The van der Waals surface area contributed by atoms with Gasteiger partial charge in [-0.2, -0.15) is 0 Å². The van der Waals surface area contributed by atoms with E-state index >= 15 is 0 Å². The van der Waals surface area contributed by atoms with Crippen molar-refractivity contribution in [2.24, 2.45) is 0 Å². The number of nitrogens with zero attached hydrogens (tertiary/aromatic N) is 1. The van der Waals surface area contributed by atoms with Crippen molar-refractivity contribution >= 4 is 37.5 Å². The summed E-state index contributed by atoms with van der Waals surface area (Å²) < 4.78 is 45.5. The molecule has 1 fully saturated rings. The van der Waals surface area contributed by atoms with Crippen molar-refractivity contribution in [1.29, 1.82) is 0 Å². The quantitative estimate of drug-likeness (QED) is 0.505. The third-order valence-electron chi connectivity index (χ3n) is 2.75. The molecule has 0 spiro atoms. The van der Waals surface area contributed by atoms with Gasteiger partial charge in [-0.1, -0.05) is 6.58 Å². The second kappa shape index (κ2) is 7.01. The van der Waals surface area contributed by atoms with Crippen molar-refractivity contribution in [3.05, 3.63) is 12.0 Å². The lowest BCUT2D eigenvalue weighted by Gasteiger charge is -2.12. The van der Waals surface area contributed by atoms with E-state index in [1.807, 2.05) is 0 Å². The molecule has 1 saturated heterocycles. The van der Waals surface area contributed by atoms with Gasteiger partial charge in [0.2, 0.25) is 0 Å². The Labute approximate surface area is 127 Å². The third-order valence-corrected chi connectivity index (χ3v) is 5.94. The molecule has 11 heteroatoms. The average Bonchev–Trinajstić information content (AvgIpc) is 2.75. The number of carbonyl (C=O) groups excluding carboxylic acids is 3. The van der Waals surface area contributed by atoms with Gasteiger partial charge in [0.15, 0.2) is 19.7 Å². The summed E-state index contributed by atoms with van der Waals surface area (Å²) in [6, 6.07) is 0. The smallest absolute Gasteiger partial charge is 0.330 e. The summed E-state index contributed by atoms with van der Waals surface area (Å²) >= 11 is 0. The molecule has 0 N–H and O–H groups in total. The maximum absolute atomic E-state index is 11.6. The van der Waals surface area contributed by atoms with Crippen LogP contribution < -0.4 is 0 Å². The fourth-order valence-electron chi connectivity index (χ4n) is 1.47. The van der Waals surface area contributed by atoms with Crippen molar-refractivity contribution in [2.75, 3.05) is 17.3 Å². The Hall–Kier alpha value is -1.75. The summed E-state index contributed by atoms with van der Waals surface area (Å²) in [5, 5.41) is 0.971. The molecular formula is C11H15NO8S2. The predicted molar refractivity (Wildman–Crippen MR) is 74.4 cm³/mol. The number of sulfone groups is 2. The van der Waals surface area contributed by atoms with Crippen LogP contribution in [0.4, 0.5) is 0 Å². The van der Waals surface area contributed by atoms with E-state index in [0.717, 1.165) is 0 Å². The van der Waals surface area contributed by atoms with Crippen molar-refractivity contribution in [3.8, 4) is 0 Å². The van der Waals surface area contributed by atoms with Crippen LogP contribution in [-0.4, -0.2) is 56.9 Å². The summed E-state index contributed by atoms with van der Waals surface area (Å²) in [6.07, 6.45) is -0.721. The van der Waals surface area contributed by atoms with E-state index in [-0.39, 0.29) is 12.8 Å². The molecule has 0 atom stereocenters. The van der Waals surface area contributed by atoms with E-state index in [0.29, 0.717) is 10.5 Å². The minimum absolute atomic E-state index is 0.0657. The molecule has 0 saturated carbocycles. The van der Waals surface area contributed by atoms with Gasteiger partial charge in [0.25, 0.3) is 11.8 Å². The number of hydrogen-bond donors (Lipinski definition) is 0. The molecule has 22 heavy (non-hydrogen) atoms. The van der Waals surface area contributed by atoms with E-state index in [1.165, 1.54) is 0 Å². The SMILES string of the molecule is C=CS(=O)(=O)CCS(=O)(=O)CCC(=O)ON1C(=O)CCC1=O. The fourth-order valence-corrected chi connectivity index (χ4v) is 4.27. The molecular weight excluding hydrogens is 338 g/mol. The molecule has 1 aliphatic rings. The van der Waals surface area contributed by atoms with E-state index in [4.69, 9.17) is 0 Å². The Kier molecular flexibility index (Phi) is 5.83. The van der Waals surface area contributed by atoms with Crippen molar-refractivity contribution < 1.29 is 36.1 Å². The van der Waals surface area contributed by atoms with Crippen LogP contribution in [0, 0.1) is 0 Å². The van der Waals surface area contributed by atoms with Crippen LogP contribution in [0.15, 0.2) is 12.0 Å². The number of imide groups is 1. The van der Waals surface area contributed by atoms with Gasteiger partial charge >= 0.3 is 5.97 Å². The topological polar surface area (TPSA) is 132 Å². The highest BCUT2D eigenvalue weighted by Gasteiger charge is 2.33. The Morgan fingerprint density at radius 1 is 1.09 bits per heavy atom. The molecule has 0 aromatic heterocycles. The van der Waals surface area contributed by atoms with Crippen LogP contribution in [0.25, 0.3) is 0 Å². The van der Waals surface area contributed by atoms with Crippen LogP contribution in [-0.2, 0) is 38.9 Å². The molecule has 124 valence electrons. The second-order valence-corrected chi connectivity index (χ2v) is 8.85. The average molecular weight is 353 g/mol. The maximum atomic E-state index is 11.6. The summed E-state index contributed by atoms with van der Waals surface area (Å²) in [4.78, 5) is 38.3. The number of hydrogen-bond acceptors (Lipinski definition) is 8. The molecule has 1 rings (SSSR count). The molecule has 9 nitrogen and oxygen atoms in total. The van der Waals surface area contributed by atoms with Gasteiger partial charge in [-0.05, 0) is 0 Å². The molecule has 0 aliphatic carbocycles. The lowest BCUT2D eigenvalue weighted by molar-refractivity contribution is -0.197. The fraction of sp³-hybridized carbons (Fsp3) is 0.545. The van der Waals surface area contributed by atoms with Gasteiger partial charge in [0.05, 0.1) is 23.7 Å². The van der Waals surface area contributed by atoms with Gasteiger partial charge < -0.3 is 4.84 Å². The Morgan fingerprint density at radius 2 is 1.64 bits per heavy atom. The van der Waals surface area contributed by atoms with Crippen LogP contribution in [0.3, 0.4) is 0 Å². The minimum atomic E-state index is -3.80. The largest absolute Gasteiger partial charge is 0.334 e. The number of rotatable bonds is 8. The lowest BCUT2D eigenvalue weighted by Crippen LogP contribution is -2.32. The molecule has 0 aromatic carbocycles. The summed E-state index contributed by atoms with van der Waals surface area (Å²) in [7, 11) is -7.45. The number of hydroxylamine groups is 2. The van der Waals surface area contributed by atoms with Crippen molar-refractivity contribution in [1.82, 2.24) is 5.06 Å². The summed E-state index contributed by atoms with van der Waals surface area (Å²) in [5.74, 6) is -4.32. The third kappa shape index (κ3) is 5.56.